The molecule has 1 heterocycles. The van der Waals surface area contributed by atoms with Gasteiger partial charge in [-0.05, 0) is 30.5 Å². The van der Waals surface area contributed by atoms with Gasteiger partial charge in [-0.3, -0.25) is 4.79 Å². The summed E-state index contributed by atoms with van der Waals surface area (Å²) >= 11 is 3.45. The summed E-state index contributed by atoms with van der Waals surface area (Å²) < 4.78 is 3.18. The van der Waals surface area contributed by atoms with Crippen molar-refractivity contribution in [3.8, 4) is 0 Å². The number of ketones is 1. The minimum Gasteiger partial charge on any atom is -0.347 e. The van der Waals surface area contributed by atoms with Crippen LogP contribution in [0, 0.1) is 0 Å². The summed E-state index contributed by atoms with van der Waals surface area (Å²) in [6.07, 6.45) is 2.62. The largest absolute Gasteiger partial charge is 0.347 e. The van der Waals surface area contributed by atoms with Crippen LogP contribution in [-0.4, -0.2) is 10.4 Å². The van der Waals surface area contributed by atoms with Crippen LogP contribution in [0.15, 0.2) is 34.9 Å². The summed E-state index contributed by atoms with van der Waals surface area (Å²) in [5.41, 5.74) is 1.17. The lowest BCUT2D eigenvalue weighted by molar-refractivity contribution is -0.117. The molecule has 0 spiro atoms. The zero-order chi connectivity index (χ0) is 10.8. The van der Waals surface area contributed by atoms with Crippen molar-refractivity contribution in [3.05, 3.63) is 34.9 Å². The Labute approximate surface area is 97.0 Å². The lowest BCUT2D eigenvalue weighted by Crippen LogP contribution is -2.00. The molecule has 0 aliphatic rings. The maximum atomic E-state index is 10.9. The van der Waals surface area contributed by atoms with Crippen LogP contribution < -0.4 is 0 Å². The van der Waals surface area contributed by atoms with Gasteiger partial charge in [0.15, 0.2) is 0 Å². The molecule has 0 amide bonds. The Hall–Kier alpha value is -1.09. The molecule has 15 heavy (non-hydrogen) atoms. The number of fused-ring (bicyclic) bond motifs is 1. The van der Waals surface area contributed by atoms with E-state index in [-0.39, 0.29) is 5.78 Å². The van der Waals surface area contributed by atoms with E-state index in [9.17, 15) is 4.79 Å². The minimum absolute atomic E-state index is 0.229. The smallest absolute Gasteiger partial charge is 0.131 e. The second-order valence-corrected chi connectivity index (χ2v) is 4.58. The molecule has 0 N–H and O–H groups in total. The Morgan fingerprint density at radius 2 is 2.20 bits per heavy atom. The second kappa shape index (κ2) is 4.19. The number of aryl methyl sites for hydroxylation is 1. The molecule has 0 bridgehead atoms. The van der Waals surface area contributed by atoms with Crippen molar-refractivity contribution in [1.82, 2.24) is 4.57 Å². The molecule has 0 atom stereocenters. The van der Waals surface area contributed by atoms with Gasteiger partial charge in [-0.25, -0.2) is 0 Å². The average molecular weight is 266 g/mol. The number of carbonyl (C=O) groups is 1. The summed E-state index contributed by atoms with van der Waals surface area (Å²) in [4.78, 5) is 10.9. The van der Waals surface area contributed by atoms with Gasteiger partial charge in [0.1, 0.15) is 5.78 Å². The van der Waals surface area contributed by atoms with Crippen LogP contribution >= 0.6 is 15.9 Å². The van der Waals surface area contributed by atoms with Crippen LogP contribution in [0.25, 0.3) is 10.9 Å². The van der Waals surface area contributed by atoms with Crippen LogP contribution in [0.5, 0.6) is 0 Å². The van der Waals surface area contributed by atoms with Crippen molar-refractivity contribution in [2.24, 2.45) is 0 Å². The summed E-state index contributed by atoms with van der Waals surface area (Å²) in [6, 6.07) is 8.25. The van der Waals surface area contributed by atoms with Crippen molar-refractivity contribution in [3.63, 3.8) is 0 Å². The molecule has 2 aromatic rings. The molecule has 0 aliphatic heterocycles. The lowest BCUT2D eigenvalue weighted by Gasteiger charge is -2.03. The fraction of sp³-hybridized carbons (Fsp3) is 0.250. The predicted octanol–water partition coefficient (Wildman–Crippen LogP) is 3.38. The summed E-state index contributed by atoms with van der Waals surface area (Å²) in [6.45, 7) is 2.39. The minimum atomic E-state index is 0.229. The maximum absolute atomic E-state index is 10.9. The number of hydrogen-bond donors (Lipinski definition) is 0. The Bertz CT molecular complexity index is 501. The highest BCUT2D eigenvalue weighted by Gasteiger charge is 2.02. The summed E-state index contributed by atoms with van der Waals surface area (Å²) in [5, 5.41) is 1.21. The molecule has 0 saturated heterocycles. The molecule has 78 valence electrons. The van der Waals surface area contributed by atoms with Gasteiger partial charge in [0.2, 0.25) is 0 Å². The third kappa shape index (κ3) is 2.29. The number of carbonyl (C=O) groups excluding carboxylic acids is 1. The Balaban J connectivity index is 2.35. The Kier molecular flexibility index (Phi) is 2.91. The third-order valence-electron chi connectivity index (χ3n) is 2.44. The highest BCUT2D eigenvalue weighted by molar-refractivity contribution is 9.10. The highest BCUT2D eigenvalue weighted by atomic mass is 79.9. The van der Waals surface area contributed by atoms with Crippen LogP contribution in [0.1, 0.15) is 13.3 Å². The molecule has 0 saturated carbocycles. The molecular formula is C12H12BrNO. The molecule has 2 nitrogen and oxygen atoms in total. The number of aromatic nitrogens is 1. The highest BCUT2D eigenvalue weighted by Crippen LogP contribution is 2.21. The van der Waals surface area contributed by atoms with E-state index < -0.39 is 0 Å². The molecule has 0 radical (unpaired) electrons. The van der Waals surface area contributed by atoms with E-state index in [1.165, 1.54) is 10.9 Å². The number of halogens is 1. The number of rotatable bonds is 3. The van der Waals surface area contributed by atoms with Crippen molar-refractivity contribution in [1.29, 1.82) is 0 Å². The SMILES string of the molecule is CC(=O)CCn1ccc2ccc(Br)cc21. The Morgan fingerprint density at radius 1 is 1.40 bits per heavy atom. The van der Waals surface area contributed by atoms with E-state index >= 15 is 0 Å². The van der Waals surface area contributed by atoms with Gasteiger partial charge in [-0.2, -0.15) is 0 Å². The quantitative estimate of drug-likeness (QED) is 0.834. The fourth-order valence-corrected chi connectivity index (χ4v) is 1.98. The molecule has 0 fully saturated rings. The molecule has 0 aliphatic carbocycles. The van der Waals surface area contributed by atoms with Crippen LogP contribution in [-0.2, 0) is 11.3 Å². The first-order valence-corrected chi connectivity index (χ1v) is 5.70. The first-order chi connectivity index (χ1) is 7.16. The van der Waals surface area contributed by atoms with Gasteiger partial charge in [-0.15, -0.1) is 0 Å². The van der Waals surface area contributed by atoms with Crippen LogP contribution in [0.4, 0.5) is 0 Å². The van der Waals surface area contributed by atoms with Gasteiger partial charge in [0.25, 0.3) is 0 Å². The normalized spacial score (nSPS) is 10.8. The van der Waals surface area contributed by atoms with Gasteiger partial charge >= 0.3 is 0 Å². The van der Waals surface area contributed by atoms with E-state index in [0.717, 1.165) is 11.0 Å². The fourth-order valence-electron chi connectivity index (χ4n) is 1.63. The van der Waals surface area contributed by atoms with Crippen LogP contribution in [0.2, 0.25) is 0 Å². The molecular weight excluding hydrogens is 254 g/mol. The van der Waals surface area contributed by atoms with Crippen molar-refractivity contribution in [2.45, 2.75) is 19.9 Å². The first-order valence-electron chi connectivity index (χ1n) is 4.90. The predicted molar refractivity (Wildman–Crippen MR) is 64.9 cm³/mol. The zero-order valence-corrected chi connectivity index (χ0v) is 10.1. The van der Waals surface area contributed by atoms with Crippen molar-refractivity contribution in [2.75, 3.05) is 0 Å². The standard InChI is InChI=1S/C12H12BrNO/c1-9(15)4-6-14-7-5-10-2-3-11(13)8-12(10)14/h2-3,5,7-8H,4,6H2,1H3. The average Bonchev–Trinajstić information content (AvgIpc) is 2.57. The lowest BCUT2D eigenvalue weighted by atomic mass is 10.2. The summed E-state index contributed by atoms with van der Waals surface area (Å²) in [5.74, 6) is 0.229. The molecule has 1 aromatic carbocycles. The van der Waals surface area contributed by atoms with Gasteiger partial charge in [0.05, 0.1) is 0 Å². The van der Waals surface area contributed by atoms with E-state index in [0.29, 0.717) is 6.42 Å². The number of hydrogen-bond acceptors (Lipinski definition) is 1. The number of nitrogens with zero attached hydrogens (tertiary/aromatic N) is 1. The zero-order valence-electron chi connectivity index (χ0n) is 8.53. The van der Waals surface area contributed by atoms with E-state index in [1.54, 1.807) is 6.92 Å². The van der Waals surface area contributed by atoms with E-state index in [4.69, 9.17) is 0 Å². The van der Waals surface area contributed by atoms with Gasteiger partial charge < -0.3 is 4.57 Å². The number of Topliss-reactive ketones (excluding diaryl/α,β-unsaturated/α-hetero) is 1. The molecule has 2 rings (SSSR count). The number of benzene rings is 1. The maximum Gasteiger partial charge on any atom is 0.131 e. The van der Waals surface area contributed by atoms with E-state index in [1.807, 2.05) is 12.3 Å². The molecule has 3 heteroatoms. The molecule has 1 aromatic heterocycles. The first kappa shape index (κ1) is 10.4. The topological polar surface area (TPSA) is 22.0 Å². The van der Waals surface area contributed by atoms with Crippen LogP contribution in [0.3, 0.4) is 0 Å². The van der Waals surface area contributed by atoms with Gasteiger partial charge in [-0.1, -0.05) is 22.0 Å². The Morgan fingerprint density at radius 3 is 2.93 bits per heavy atom. The van der Waals surface area contributed by atoms with E-state index in [2.05, 4.69) is 38.7 Å². The van der Waals surface area contributed by atoms with Crippen molar-refractivity contribution >= 4 is 32.6 Å². The second-order valence-electron chi connectivity index (χ2n) is 3.66. The monoisotopic (exact) mass is 265 g/mol. The van der Waals surface area contributed by atoms with Crippen molar-refractivity contribution < 1.29 is 4.79 Å². The summed E-state index contributed by atoms with van der Waals surface area (Å²) in [7, 11) is 0. The van der Waals surface area contributed by atoms with Gasteiger partial charge in [0, 0.05) is 29.2 Å². The molecule has 0 unspecified atom stereocenters. The third-order valence-corrected chi connectivity index (χ3v) is 2.93.